The Hall–Kier alpha value is -3.20. The van der Waals surface area contributed by atoms with Crippen LogP contribution in [0.25, 0.3) is 0 Å². The zero-order chi connectivity index (χ0) is 28.9. The lowest BCUT2D eigenvalue weighted by Gasteiger charge is -2.48. The van der Waals surface area contributed by atoms with Crippen LogP contribution in [0.15, 0.2) is 42.5 Å². The van der Waals surface area contributed by atoms with Gasteiger partial charge >= 0.3 is 0 Å². The number of aliphatic hydroxyl groups excluding tert-OH is 3. The number of aliphatic hydroxyl groups is 3. The van der Waals surface area contributed by atoms with Crippen LogP contribution >= 0.6 is 11.6 Å². The Labute approximate surface area is 226 Å². The average molecular weight is 572 g/mol. The van der Waals surface area contributed by atoms with Crippen LogP contribution in [0.1, 0.15) is 29.3 Å². The Morgan fingerprint density at radius 1 is 1.21 bits per heavy atom. The van der Waals surface area contributed by atoms with Crippen molar-refractivity contribution in [1.82, 2.24) is 10.6 Å². The minimum atomic E-state index is -2.80. The summed E-state index contributed by atoms with van der Waals surface area (Å²) in [6, 6.07) is 7.45. The number of aliphatic carboxylic acids is 1. The minimum absolute atomic E-state index is 0.190. The largest absolute Gasteiger partial charge is 0.544 e. The molecule has 1 heterocycles. The quantitative estimate of drug-likeness (QED) is 0.249. The molecule has 0 unspecified atom stereocenters. The van der Waals surface area contributed by atoms with Gasteiger partial charge in [-0.1, -0.05) is 23.7 Å². The second kappa shape index (κ2) is 12.8. The second-order valence-corrected chi connectivity index (χ2v) is 9.33. The van der Waals surface area contributed by atoms with Crippen LogP contribution in [0.4, 0.5) is 8.78 Å². The lowest BCUT2D eigenvalue weighted by Crippen LogP contribution is -2.69. The van der Waals surface area contributed by atoms with Gasteiger partial charge in [-0.15, -0.1) is 0 Å². The predicted molar refractivity (Wildman–Crippen MR) is 128 cm³/mol. The molecule has 6 atom stereocenters. The molecule has 2 amide bonds. The van der Waals surface area contributed by atoms with Crippen LogP contribution in [0.5, 0.6) is 0 Å². The van der Waals surface area contributed by atoms with Gasteiger partial charge in [0.05, 0.1) is 24.9 Å². The summed E-state index contributed by atoms with van der Waals surface area (Å²) < 4.78 is 38.4. The van der Waals surface area contributed by atoms with Crippen LogP contribution in [-0.2, 0) is 25.7 Å². The van der Waals surface area contributed by atoms with E-state index in [2.05, 4.69) is 10.6 Å². The first-order valence-electron chi connectivity index (χ1n) is 11.7. The van der Waals surface area contributed by atoms with E-state index < -0.39 is 85.2 Å². The van der Waals surface area contributed by atoms with Crippen LogP contribution < -0.4 is 15.7 Å². The topological polar surface area (TPSA) is 177 Å². The summed E-state index contributed by atoms with van der Waals surface area (Å²) in [5.41, 5.74) is -0.185. The van der Waals surface area contributed by atoms with E-state index in [1.165, 1.54) is 24.3 Å². The van der Waals surface area contributed by atoms with Gasteiger partial charge in [0.2, 0.25) is 11.7 Å². The van der Waals surface area contributed by atoms with Gasteiger partial charge in [-0.3, -0.25) is 9.59 Å². The molecule has 0 radical (unpaired) electrons. The lowest BCUT2D eigenvalue weighted by atomic mass is 9.88. The third-order valence-electron chi connectivity index (χ3n) is 6.06. The van der Waals surface area contributed by atoms with Crippen molar-refractivity contribution in [2.45, 2.75) is 56.2 Å². The van der Waals surface area contributed by atoms with Crippen molar-refractivity contribution >= 4 is 29.4 Å². The fraction of sp³-hybridized carbons (Fsp3) is 0.400. The third-order valence-corrected chi connectivity index (χ3v) is 6.31. The molecule has 212 valence electrons. The summed E-state index contributed by atoms with van der Waals surface area (Å²) >= 11 is 5.79. The highest BCUT2D eigenvalue weighted by Crippen LogP contribution is 2.34. The Bertz CT molecular complexity index is 1200. The molecule has 5 N–H and O–H groups in total. The highest BCUT2D eigenvalue weighted by atomic mass is 35.5. The zero-order valence-electron chi connectivity index (χ0n) is 20.5. The minimum Gasteiger partial charge on any atom is -0.544 e. The molecule has 11 nitrogen and oxygen atoms in total. The summed E-state index contributed by atoms with van der Waals surface area (Å²) in [6.07, 6.45) is -8.20. The number of rotatable bonds is 10. The first-order chi connectivity index (χ1) is 18.3. The van der Waals surface area contributed by atoms with Crippen molar-refractivity contribution in [3.8, 4) is 0 Å². The number of carboxylic acid groups (broad SMARTS) is 1. The maximum absolute atomic E-state index is 14.1. The van der Waals surface area contributed by atoms with Crippen molar-refractivity contribution in [2.24, 2.45) is 0 Å². The van der Waals surface area contributed by atoms with Gasteiger partial charge in [0.15, 0.2) is 11.6 Å². The smallest absolute Gasteiger partial charge is 0.251 e. The number of amides is 2. The molecule has 14 heteroatoms. The van der Waals surface area contributed by atoms with Crippen LogP contribution in [0.3, 0.4) is 0 Å². The SMILES string of the molecule is CC(=O)N[C@H]1[C@H]([C@H](O)[C@@H](O)CNC(=O)c2ccc(Cl)cc2)O[C@](OCc2cccc(F)c2F)(C(=O)[O-])C[C@@H]1O. The normalized spacial score (nSPS) is 24.4. The summed E-state index contributed by atoms with van der Waals surface area (Å²) in [5.74, 6) is -8.67. The van der Waals surface area contributed by atoms with Crippen molar-refractivity contribution in [3.05, 3.63) is 70.2 Å². The molecule has 0 bridgehead atoms. The van der Waals surface area contributed by atoms with Crippen LogP contribution in [0.2, 0.25) is 5.02 Å². The van der Waals surface area contributed by atoms with E-state index in [4.69, 9.17) is 21.1 Å². The molecule has 0 spiro atoms. The Balaban J connectivity index is 1.80. The van der Waals surface area contributed by atoms with Gasteiger partial charge in [0, 0.05) is 36.0 Å². The molecule has 2 aromatic carbocycles. The number of nitrogens with one attached hydrogen (secondary N) is 2. The van der Waals surface area contributed by atoms with E-state index in [9.17, 15) is 43.6 Å². The van der Waals surface area contributed by atoms with Gasteiger partial charge in [-0.25, -0.2) is 8.78 Å². The molecular formula is C25H26ClF2N2O9-. The molecule has 39 heavy (non-hydrogen) atoms. The van der Waals surface area contributed by atoms with Gasteiger partial charge in [-0.2, -0.15) is 0 Å². The number of carbonyl (C=O) groups is 3. The summed E-state index contributed by atoms with van der Waals surface area (Å²) in [5, 5.41) is 49.3. The lowest BCUT2D eigenvalue weighted by molar-refractivity contribution is -0.383. The molecule has 1 fully saturated rings. The molecule has 0 aromatic heterocycles. The third kappa shape index (κ3) is 7.26. The highest BCUT2D eigenvalue weighted by Gasteiger charge is 2.52. The van der Waals surface area contributed by atoms with Crippen molar-refractivity contribution in [1.29, 1.82) is 0 Å². The molecule has 1 aliphatic heterocycles. The predicted octanol–water partition coefficient (Wildman–Crippen LogP) is -0.613. The summed E-state index contributed by atoms with van der Waals surface area (Å²) in [4.78, 5) is 36.2. The van der Waals surface area contributed by atoms with E-state index in [1.807, 2.05) is 0 Å². The Morgan fingerprint density at radius 2 is 1.87 bits per heavy atom. The standard InChI is InChI=1S/C25H27ClF2N2O9/c1-12(31)30-20-17(32)9-25(24(36)37,38-11-14-3-2-4-16(27)19(14)28)39-22(20)21(34)18(33)10-29-23(35)13-5-7-15(26)8-6-13/h2-8,17-18,20-22,32-34H,9-11H2,1H3,(H,29,35)(H,30,31)(H,36,37)/p-1/t17-,18-,20+,21+,22+,25-/m0/s1. The molecule has 3 rings (SSSR count). The first kappa shape index (κ1) is 30.3. The molecule has 0 aliphatic carbocycles. The Kier molecular flexibility index (Phi) is 9.93. The van der Waals surface area contributed by atoms with E-state index in [0.29, 0.717) is 5.02 Å². The monoisotopic (exact) mass is 571 g/mol. The molecule has 2 aromatic rings. The maximum atomic E-state index is 14.1. The highest BCUT2D eigenvalue weighted by molar-refractivity contribution is 6.30. The number of carboxylic acids is 1. The Morgan fingerprint density at radius 3 is 2.49 bits per heavy atom. The van der Waals surface area contributed by atoms with E-state index in [-0.39, 0.29) is 11.1 Å². The maximum Gasteiger partial charge on any atom is 0.251 e. The van der Waals surface area contributed by atoms with Crippen LogP contribution in [0, 0.1) is 11.6 Å². The molecular weight excluding hydrogens is 546 g/mol. The van der Waals surface area contributed by atoms with Crippen molar-refractivity contribution in [2.75, 3.05) is 6.54 Å². The van der Waals surface area contributed by atoms with Crippen molar-refractivity contribution in [3.63, 3.8) is 0 Å². The fourth-order valence-corrected chi connectivity index (χ4v) is 4.16. The van der Waals surface area contributed by atoms with Crippen LogP contribution in [-0.4, -0.2) is 75.9 Å². The van der Waals surface area contributed by atoms with Gasteiger partial charge in [0.1, 0.15) is 18.2 Å². The van der Waals surface area contributed by atoms with Gasteiger partial charge in [-0.05, 0) is 30.3 Å². The first-order valence-corrected chi connectivity index (χ1v) is 12.0. The average Bonchev–Trinajstić information content (AvgIpc) is 2.88. The zero-order valence-corrected chi connectivity index (χ0v) is 21.2. The number of carbonyl (C=O) groups excluding carboxylic acids is 3. The molecule has 0 saturated carbocycles. The molecule has 1 saturated heterocycles. The van der Waals surface area contributed by atoms with E-state index in [0.717, 1.165) is 25.1 Å². The number of benzene rings is 2. The van der Waals surface area contributed by atoms with Crippen molar-refractivity contribution < 1.29 is 53.1 Å². The van der Waals surface area contributed by atoms with E-state index >= 15 is 0 Å². The van der Waals surface area contributed by atoms with E-state index in [1.54, 1.807) is 0 Å². The van der Waals surface area contributed by atoms with Gasteiger partial charge < -0.3 is 45.3 Å². The fourth-order valence-electron chi connectivity index (χ4n) is 4.04. The molecule has 1 aliphatic rings. The van der Waals surface area contributed by atoms with Gasteiger partial charge in [0.25, 0.3) is 5.91 Å². The number of halogens is 3. The second-order valence-electron chi connectivity index (χ2n) is 8.90. The number of hydrogen-bond donors (Lipinski definition) is 5. The summed E-state index contributed by atoms with van der Waals surface area (Å²) in [7, 11) is 0. The summed E-state index contributed by atoms with van der Waals surface area (Å²) in [6.45, 7) is -0.306. The number of ether oxygens (including phenoxy) is 2. The number of hydrogen-bond acceptors (Lipinski definition) is 9.